The minimum atomic E-state index is -0.479. The summed E-state index contributed by atoms with van der Waals surface area (Å²) < 4.78 is 16.8. The largest absolute Gasteiger partial charge is 0.465 e. The minimum absolute atomic E-state index is 0.201. The molecule has 4 rings (SSSR count). The molecule has 0 saturated carbocycles. The predicted octanol–water partition coefficient (Wildman–Crippen LogP) is 3.51. The SMILES string of the molecule is COC(=O)c1cn(C(=O)/C=C/c2ccc3c(c2)OCO3)c2ccccc12. The van der Waals surface area contributed by atoms with Gasteiger partial charge in [-0.25, -0.2) is 4.79 Å². The van der Waals surface area contributed by atoms with Crippen molar-refractivity contribution in [2.45, 2.75) is 0 Å². The van der Waals surface area contributed by atoms with Gasteiger partial charge in [-0.2, -0.15) is 0 Å². The second-order valence-electron chi connectivity index (χ2n) is 5.71. The van der Waals surface area contributed by atoms with Gasteiger partial charge in [0.15, 0.2) is 11.5 Å². The molecule has 0 aliphatic carbocycles. The Morgan fingerprint density at radius 2 is 1.92 bits per heavy atom. The van der Waals surface area contributed by atoms with Crippen LogP contribution in [-0.4, -0.2) is 30.3 Å². The van der Waals surface area contributed by atoms with Crippen molar-refractivity contribution in [1.29, 1.82) is 0 Å². The minimum Gasteiger partial charge on any atom is -0.465 e. The summed E-state index contributed by atoms with van der Waals surface area (Å²) in [6.07, 6.45) is 4.64. The molecule has 0 atom stereocenters. The van der Waals surface area contributed by atoms with Crippen LogP contribution in [0.5, 0.6) is 11.5 Å². The molecule has 2 heterocycles. The number of carbonyl (C=O) groups is 2. The third-order valence-electron chi connectivity index (χ3n) is 4.17. The smallest absolute Gasteiger partial charge is 0.340 e. The molecular formula is C20H15NO5. The van der Waals surface area contributed by atoms with Crippen LogP contribution in [0.4, 0.5) is 0 Å². The number of ether oxygens (including phenoxy) is 3. The number of fused-ring (bicyclic) bond motifs is 2. The zero-order valence-corrected chi connectivity index (χ0v) is 14.0. The van der Waals surface area contributed by atoms with Gasteiger partial charge in [-0.15, -0.1) is 0 Å². The van der Waals surface area contributed by atoms with Crippen molar-refractivity contribution >= 4 is 28.9 Å². The van der Waals surface area contributed by atoms with Gasteiger partial charge < -0.3 is 14.2 Å². The third kappa shape index (κ3) is 2.71. The standard InChI is InChI=1S/C20H15NO5/c1-24-20(23)15-11-21(16-5-3-2-4-14(15)16)19(22)9-7-13-6-8-17-18(10-13)26-12-25-17/h2-11H,12H2,1H3/b9-7+. The van der Waals surface area contributed by atoms with E-state index in [1.165, 1.54) is 23.9 Å². The van der Waals surface area contributed by atoms with Crippen molar-refractivity contribution in [1.82, 2.24) is 4.57 Å². The van der Waals surface area contributed by atoms with E-state index in [1.807, 2.05) is 18.2 Å². The molecule has 3 aromatic rings. The van der Waals surface area contributed by atoms with Crippen LogP contribution in [0.25, 0.3) is 17.0 Å². The predicted molar refractivity (Wildman–Crippen MR) is 95.5 cm³/mol. The van der Waals surface area contributed by atoms with Crippen LogP contribution < -0.4 is 9.47 Å². The molecule has 0 radical (unpaired) electrons. The molecule has 1 aliphatic rings. The van der Waals surface area contributed by atoms with Crippen LogP contribution in [0.1, 0.15) is 20.7 Å². The molecule has 0 saturated heterocycles. The molecule has 1 aromatic heterocycles. The van der Waals surface area contributed by atoms with Crippen LogP contribution in [0.15, 0.2) is 54.7 Å². The fraction of sp³-hybridized carbons (Fsp3) is 0.100. The summed E-state index contributed by atoms with van der Waals surface area (Å²) in [4.78, 5) is 24.6. The van der Waals surface area contributed by atoms with E-state index in [2.05, 4.69) is 0 Å². The average molecular weight is 349 g/mol. The van der Waals surface area contributed by atoms with Crippen LogP contribution in [-0.2, 0) is 4.74 Å². The summed E-state index contributed by atoms with van der Waals surface area (Å²) in [6, 6.07) is 12.6. The summed E-state index contributed by atoms with van der Waals surface area (Å²) in [5, 5.41) is 0.671. The molecule has 0 spiro atoms. The lowest BCUT2D eigenvalue weighted by atomic mass is 10.2. The van der Waals surface area contributed by atoms with E-state index >= 15 is 0 Å². The lowest BCUT2D eigenvalue weighted by Crippen LogP contribution is -2.06. The maximum atomic E-state index is 12.7. The van der Waals surface area contributed by atoms with Gasteiger partial charge in [0.1, 0.15) is 0 Å². The highest BCUT2D eigenvalue weighted by atomic mass is 16.7. The van der Waals surface area contributed by atoms with E-state index in [1.54, 1.807) is 30.3 Å². The molecule has 0 unspecified atom stereocenters. The summed E-state index contributed by atoms with van der Waals surface area (Å²) in [5.41, 5.74) is 1.81. The summed E-state index contributed by atoms with van der Waals surface area (Å²) >= 11 is 0. The van der Waals surface area contributed by atoms with Crippen LogP contribution >= 0.6 is 0 Å². The zero-order chi connectivity index (χ0) is 18.1. The summed E-state index contributed by atoms with van der Waals surface area (Å²) in [7, 11) is 1.32. The van der Waals surface area contributed by atoms with Gasteiger partial charge in [0.25, 0.3) is 5.91 Å². The molecule has 1 aliphatic heterocycles. The fourth-order valence-electron chi connectivity index (χ4n) is 2.90. The van der Waals surface area contributed by atoms with Crippen LogP contribution in [0.3, 0.4) is 0 Å². The molecule has 0 bridgehead atoms. The number of rotatable bonds is 3. The Morgan fingerprint density at radius 3 is 2.77 bits per heavy atom. The topological polar surface area (TPSA) is 66.8 Å². The van der Waals surface area contributed by atoms with Crippen molar-refractivity contribution < 1.29 is 23.8 Å². The number of para-hydroxylation sites is 1. The molecular weight excluding hydrogens is 334 g/mol. The molecule has 6 heteroatoms. The lowest BCUT2D eigenvalue weighted by molar-refractivity contribution is 0.0603. The van der Waals surface area contributed by atoms with Gasteiger partial charge in [-0.05, 0) is 29.8 Å². The Hall–Kier alpha value is -3.54. The third-order valence-corrected chi connectivity index (χ3v) is 4.17. The highest BCUT2D eigenvalue weighted by Crippen LogP contribution is 2.32. The molecule has 26 heavy (non-hydrogen) atoms. The highest BCUT2D eigenvalue weighted by molar-refractivity contribution is 6.09. The highest BCUT2D eigenvalue weighted by Gasteiger charge is 2.17. The Kier molecular flexibility index (Phi) is 3.93. The van der Waals surface area contributed by atoms with Gasteiger partial charge in [0.2, 0.25) is 6.79 Å². The Bertz CT molecular complexity index is 1050. The number of benzene rings is 2. The molecule has 0 fully saturated rings. The number of hydrogen-bond donors (Lipinski definition) is 0. The fourth-order valence-corrected chi connectivity index (χ4v) is 2.90. The number of methoxy groups -OCH3 is 1. The number of esters is 1. The summed E-state index contributed by atoms with van der Waals surface area (Å²) in [5.74, 6) is 0.591. The first-order valence-corrected chi connectivity index (χ1v) is 7.98. The van der Waals surface area contributed by atoms with Crippen LogP contribution in [0.2, 0.25) is 0 Å². The van der Waals surface area contributed by atoms with Gasteiger partial charge in [0.05, 0.1) is 18.2 Å². The number of hydrogen-bond acceptors (Lipinski definition) is 5. The first kappa shape index (κ1) is 16.0. The van der Waals surface area contributed by atoms with E-state index in [4.69, 9.17) is 14.2 Å². The van der Waals surface area contributed by atoms with E-state index < -0.39 is 5.97 Å². The van der Waals surface area contributed by atoms with Crippen molar-refractivity contribution in [2.24, 2.45) is 0 Å². The Balaban J connectivity index is 1.67. The van der Waals surface area contributed by atoms with E-state index in [0.29, 0.717) is 28.0 Å². The first-order chi connectivity index (χ1) is 12.7. The Morgan fingerprint density at radius 1 is 1.12 bits per heavy atom. The van der Waals surface area contributed by atoms with Gasteiger partial charge in [-0.3, -0.25) is 9.36 Å². The normalized spacial score (nSPS) is 12.7. The zero-order valence-electron chi connectivity index (χ0n) is 14.0. The number of carbonyl (C=O) groups excluding carboxylic acids is 2. The molecule has 0 amide bonds. The van der Waals surface area contributed by atoms with Crippen molar-refractivity contribution in [3.8, 4) is 11.5 Å². The molecule has 130 valence electrons. The van der Waals surface area contributed by atoms with Crippen LogP contribution in [0, 0.1) is 0 Å². The summed E-state index contributed by atoms with van der Waals surface area (Å²) in [6.45, 7) is 0.201. The van der Waals surface area contributed by atoms with Gasteiger partial charge >= 0.3 is 5.97 Å². The second-order valence-corrected chi connectivity index (χ2v) is 5.71. The van der Waals surface area contributed by atoms with E-state index in [9.17, 15) is 9.59 Å². The van der Waals surface area contributed by atoms with Crippen molar-refractivity contribution in [2.75, 3.05) is 13.9 Å². The number of aromatic nitrogens is 1. The molecule has 0 N–H and O–H groups in total. The molecule has 6 nitrogen and oxygen atoms in total. The maximum absolute atomic E-state index is 12.7. The van der Waals surface area contributed by atoms with E-state index in [-0.39, 0.29) is 12.7 Å². The maximum Gasteiger partial charge on any atom is 0.340 e. The quantitative estimate of drug-likeness (QED) is 0.535. The molecule has 2 aromatic carbocycles. The monoisotopic (exact) mass is 349 g/mol. The van der Waals surface area contributed by atoms with E-state index in [0.717, 1.165) is 5.56 Å². The van der Waals surface area contributed by atoms with Gasteiger partial charge in [-0.1, -0.05) is 24.3 Å². The second kappa shape index (κ2) is 6.40. The van der Waals surface area contributed by atoms with Crippen molar-refractivity contribution in [3.63, 3.8) is 0 Å². The lowest BCUT2D eigenvalue weighted by Gasteiger charge is -2.00. The van der Waals surface area contributed by atoms with Gasteiger partial charge in [0, 0.05) is 17.7 Å². The number of nitrogens with zero attached hydrogens (tertiary/aromatic N) is 1. The number of allylic oxidation sites excluding steroid dienone is 1. The van der Waals surface area contributed by atoms with Crippen molar-refractivity contribution in [3.05, 3.63) is 65.9 Å². The Labute approximate surface area is 149 Å². The average Bonchev–Trinajstić information content (AvgIpc) is 3.29. The first-order valence-electron chi connectivity index (χ1n) is 7.98.